The second-order valence-corrected chi connectivity index (χ2v) is 8.57. The zero-order chi connectivity index (χ0) is 18.6. The summed E-state index contributed by atoms with van der Waals surface area (Å²) in [6.45, 7) is 3.74. The lowest BCUT2D eigenvalue weighted by Gasteiger charge is -2.35. The Labute approximate surface area is 180 Å². The van der Waals surface area contributed by atoms with Crippen molar-refractivity contribution in [2.45, 2.75) is 11.4 Å². The number of aliphatic imine (C=N–C) groups is 1. The maximum absolute atomic E-state index is 11.7. The van der Waals surface area contributed by atoms with E-state index in [0.717, 1.165) is 36.9 Å². The molecule has 0 atom stereocenters. The van der Waals surface area contributed by atoms with Crippen LogP contribution in [0.2, 0.25) is 0 Å². The lowest BCUT2D eigenvalue weighted by atomic mass is 10.2. The summed E-state index contributed by atoms with van der Waals surface area (Å²) in [4.78, 5) is 13.3. The predicted molar refractivity (Wildman–Crippen MR) is 119 cm³/mol. The van der Waals surface area contributed by atoms with Crippen LogP contribution in [-0.4, -0.2) is 57.5 Å². The van der Waals surface area contributed by atoms with Crippen LogP contribution in [-0.2, 0) is 16.6 Å². The highest BCUT2D eigenvalue weighted by Gasteiger charge is 2.19. The Morgan fingerprint density at radius 1 is 1.26 bits per heavy atom. The normalized spacial score (nSPS) is 15.5. The Morgan fingerprint density at radius 3 is 2.48 bits per heavy atom. The lowest BCUT2D eigenvalue weighted by Crippen LogP contribution is -2.51. The third kappa shape index (κ3) is 5.53. The molecule has 0 bridgehead atoms. The molecule has 1 aromatic carbocycles. The molecule has 0 spiro atoms. The number of aromatic nitrogens is 1. The van der Waals surface area contributed by atoms with E-state index in [1.165, 1.54) is 7.05 Å². The average Bonchev–Trinajstić information content (AvgIpc) is 3.21. The smallest absolute Gasteiger partial charge is 0.240 e. The highest BCUT2D eigenvalue weighted by atomic mass is 127. The van der Waals surface area contributed by atoms with Gasteiger partial charge in [-0.15, -0.1) is 35.3 Å². The zero-order valence-electron chi connectivity index (χ0n) is 14.9. The number of halogens is 1. The molecule has 1 aliphatic rings. The number of anilines is 1. The third-order valence-corrected chi connectivity index (χ3v) is 6.48. The summed E-state index contributed by atoms with van der Waals surface area (Å²) < 4.78 is 25.7. The second-order valence-electron chi connectivity index (χ2n) is 5.81. The molecule has 1 saturated heterocycles. The van der Waals surface area contributed by atoms with Gasteiger partial charge in [-0.05, 0) is 24.7 Å². The number of piperazine rings is 1. The van der Waals surface area contributed by atoms with Crippen LogP contribution < -0.4 is 15.4 Å². The van der Waals surface area contributed by atoms with Crippen LogP contribution in [0, 0.1) is 0 Å². The van der Waals surface area contributed by atoms with Crippen LogP contribution in [0.5, 0.6) is 0 Å². The molecule has 0 aliphatic carbocycles. The average molecular weight is 522 g/mol. The van der Waals surface area contributed by atoms with Gasteiger partial charge in [0.15, 0.2) is 11.1 Å². The number of nitrogens with one attached hydrogen (secondary N) is 1. The minimum absolute atomic E-state index is 0. The van der Waals surface area contributed by atoms with E-state index in [2.05, 4.69) is 24.5 Å². The largest absolute Gasteiger partial charge is 0.370 e. The number of rotatable bonds is 5. The van der Waals surface area contributed by atoms with Crippen LogP contribution in [0.25, 0.3) is 0 Å². The summed E-state index contributed by atoms with van der Waals surface area (Å²) in [7, 11) is -2.02. The Morgan fingerprint density at radius 2 is 1.93 bits per heavy atom. The summed E-state index contributed by atoms with van der Waals surface area (Å²) in [5.41, 5.74) is 7.03. The first kappa shape index (κ1) is 21.9. The van der Waals surface area contributed by atoms with Gasteiger partial charge in [0, 0.05) is 37.8 Å². The second kappa shape index (κ2) is 9.66. The van der Waals surface area contributed by atoms with Gasteiger partial charge in [-0.2, -0.15) is 0 Å². The molecule has 1 aromatic heterocycles. The van der Waals surface area contributed by atoms with E-state index >= 15 is 0 Å². The van der Waals surface area contributed by atoms with Gasteiger partial charge in [-0.1, -0.05) is 12.1 Å². The number of hydrogen-bond donors (Lipinski definition) is 2. The molecule has 3 rings (SSSR count). The highest BCUT2D eigenvalue weighted by molar-refractivity contribution is 14.0. The molecule has 0 amide bonds. The zero-order valence-corrected chi connectivity index (χ0v) is 18.9. The molecule has 1 fully saturated rings. The Bertz CT molecular complexity index is 848. The molecule has 8 nitrogen and oxygen atoms in total. The predicted octanol–water partition coefficient (Wildman–Crippen LogP) is 1.31. The summed E-state index contributed by atoms with van der Waals surface area (Å²) in [5.74, 6) is 0.510. The molecule has 1 aliphatic heterocycles. The maximum atomic E-state index is 11.7. The fourth-order valence-electron chi connectivity index (χ4n) is 2.66. The van der Waals surface area contributed by atoms with E-state index < -0.39 is 10.0 Å². The van der Waals surface area contributed by atoms with E-state index in [4.69, 9.17) is 5.73 Å². The lowest BCUT2D eigenvalue weighted by molar-refractivity contribution is 0.380. The number of thiazole rings is 1. The summed E-state index contributed by atoms with van der Waals surface area (Å²) in [6, 6.07) is 6.64. The fourth-order valence-corrected chi connectivity index (χ4v) is 4.09. The van der Waals surface area contributed by atoms with Crippen LogP contribution in [0.4, 0.5) is 5.13 Å². The number of hydrogen-bond acceptors (Lipinski definition) is 6. The molecule has 2 heterocycles. The molecular weight excluding hydrogens is 499 g/mol. The van der Waals surface area contributed by atoms with Crippen molar-refractivity contribution in [3.63, 3.8) is 0 Å². The fraction of sp³-hybridized carbons (Fsp3) is 0.375. The van der Waals surface area contributed by atoms with E-state index in [1.54, 1.807) is 35.6 Å². The molecule has 2 aromatic rings. The van der Waals surface area contributed by atoms with Gasteiger partial charge in [-0.25, -0.2) is 23.1 Å². The monoisotopic (exact) mass is 522 g/mol. The molecule has 11 heteroatoms. The summed E-state index contributed by atoms with van der Waals surface area (Å²) in [6.07, 6.45) is 1.81. The van der Waals surface area contributed by atoms with Crippen LogP contribution in [0.15, 0.2) is 45.7 Å². The SMILES string of the molecule is CNS(=O)(=O)c1ccc(CN=C(N)N2CCN(c3nccs3)CC2)cc1.I. The first-order valence-electron chi connectivity index (χ1n) is 8.21. The van der Waals surface area contributed by atoms with E-state index in [0.29, 0.717) is 12.5 Å². The van der Waals surface area contributed by atoms with E-state index in [9.17, 15) is 8.42 Å². The third-order valence-electron chi connectivity index (χ3n) is 4.22. The first-order chi connectivity index (χ1) is 12.5. The van der Waals surface area contributed by atoms with Gasteiger partial charge in [0.25, 0.3) is 0 Å². The van der Waals surface area contributed by atoms with Crippen molar-refractivity contribution in [1.82, 2.24) is 14.6 Å². The molecule has 27 heavy (non-hydrogen) atoms. The Hall–Kier alpha value is -1.44. The van der Waals surface area contributed by atoms with Crippen molar-refractivity contribution in [3.8, 4) is 0 Å². The quantitative estimate of drug-likeness (QED) is 0.349. The number of guanidine groups is 1. The van der Waals surface area contributed by atoms with Gasteiger partial charge in [0.05, 0.1) is 11.4 Å². The Kier molecular flexibility index (Phi) is 7.82. The molecule has 0 saturated carbocycles. The molecule has 148 valence electrons. The van der Waals surface area contributed by atoms with Gasteiger partial charge in [0.2, 0.25) is 10.0 Å². The minimum Gasteiger partial charge on any atom is -0.370 e. The molecular formula is C16H23IN6O2S2. The van der Waals surface area contributed by atoms with Crippen molar-refractivity contribution < 1.29 is 8.42 Å². The highest BCUT2D eigenvalue weighted by Crippen LogP contribution is 2.18. The molecule has 3 N–H and O–H groups in total. The number of nitrogens with zero attached hydrogens (tertiary/aromatic N) is 4. The van der Waals surface area contributed by atoms with Crippen molar-refractivity contribution >= 4 is 56.4 Å². The maximum Gasteiger partial charge on any atom is 0.240 e. The van der Waals surface area contributed by atoms with Crippen molar-refractivity contribution in [1.29, 1.82) is 0 Å². The number of benzene rings is 1. The van der Waals surface area contributed by atoms with E-state index in [-0.39, 0.29) is 28.9 Å². The van der Waals surface area contributed by atoms with Crippen LogP contribution in [0.3, 0.4) is 0 Å². The summed E-state index contributed by atoms with van der Waals surface area (Å²) in [5, 5.41) is 3.02. The van der Waals surface area contributed by atoms with Gasteiger partial charge >= 0.3 is 0 Å². The van der Waals surface area contributed by atoms with Gasteiger partial charge < -0.3 is 15.5 Å². The van der Waals surface area contributed by atoms with Gasteiger partial charge in [0.1, 0.15) is 0 Å². The summed E-state index contributed by atoms with van der Waals surface area (Å²) >= 11 is 1.64. The van der Waals surface area contributed by atoms with Crippen LogP contribution >= 0.6 is 35.3 Å². The topological polar surface area (TPSA) is 104 Å². The standard InChI is InChI=1S/C16H22N6O2S2.HI/c1-18-26(23,24)14-4-2-13(3-5-14)12-20-15(17)21-7-9-22(10-8-21)16-19-6-11-25-16;/h2-6,11,18H,7-10,12H2,1H3,(H2,17,20);1H. The Balaban J connectivity index is 0.00000261. The van der Waals surface area contributed by atoms with Crippen molar-refractivity contribution in [3.05, 3.63) is 41.4 Å². The number of sulfonamides is 1. The molecule has 0 unspecified atom stereocenters. The van der Waals surface area contributed by atoms with Gasteiger partial charge in [-0.3, -0.25) is 0 Å². The number of nitrogens with two attached hydrogens (primary N) is 1. The van der Waals surface area contributed by atoms with Crippen molar-refractivity contribution in [2.75, 3.05) is 38.1 Å². The first-order valence-corrected chi connectivity index (χ1v) is 10.6. The van der Waals surface area contributed by atoms with E-state index in [1.807, 2.05) is 11.6 Å². The minimum atomic E-state index is -3.41. The molecule has 0 radical (unpaired) electrons. The van der Waals surface area contributed by atoms with Crippen molar-refractivity contribution in [2.24, 2.45) is 10.7 Å². The van der Waals surface area contributed by atoms with Crippen LogP contribution in [0.1, 0.15) is 5.56 Å².